The number of amides is 1. The predicted molar refractivity (Wildman–Crippen MR) is 108 cm³/mol. The van der Waals surface area contributed by atoms with Crippen molar-refractivity contribution in [2.24, 2.45) is 13.0 Å². The van der Waals surface area contributed by atoms with E-state index in [9.17, 15) is 4.79 Å². The molecule has 2 aliphatic rings. The Hall–Kier alpha value is -1.85. The summed E-state index contributed by atoms with van der Waals surface area (Å²) in [6.07, 6.45) is 5.90. The number of carbonyl (C=O) groups excluding carboxylic acids is 1. The van der Waals surface area contributed by atoms with Gasteiger partial charge in [0.25, 0.3) is 0 Å². The van der Waals surface area contributed by atoms with Gasteiger partial charge in [-0.05, 0) is 48.3 Å². The second kappa shape index (κ2) is 8.03. The molecule has 2 aliphatic heterocycles. The normalized spacial score (nSPS) is 23.8. The Kier molecular flexibility index (Phi) is 5.50. The van der Waals surface area contributed by atoms with E-state index >= 15 is 0 Å². The van der Waals surface area contributed by atoms with Gasteiger partial charge in [0.1, 0.15) is 0 Å². The molecule has 146 valence electrons. The fourth-order valence-corrected chi connectivity index (χ4v) is 4.90. The summed E-state index contributed by atoms with van der Waals surface area (Å²) in [5, 5.41) is 1.30. The first kappa shape index (κ1) is 18.5. The second-order valence-electron chi connectivity index (χ2n) is 8.14. The first-order chi connectivity index (χ1) is 13.2. The number of aromatic nitrogens is 1. The van der Waals surface area contributed by atoms with Crippen LogP contribution in [0.25, 0.3) is 10.9 Å². The summed E-state index contributed by atoms with van der Waals surface area (Å²) in [5.41, 5.74) is 2.68. The number of piperidine rings is 2. The Balaban J connectivity index is 1.40. The molecule has 0 N–H and O–H groups in total. The molecule has 1 amide bonds. The van der Waals surface area contributed by atoms with E-state index in [1.807, 2.05) is 0 Å². The molecule has 0 spiro atoms. The number of benzene rings is 1. The average molecular weight is 370 g/mol. The van der Waals surface area contributed by atoms with Gasteiger partial charge in [-0.1, -0.05) is 12.1 Å². The number of ether oxygens (including phenoxy) is 1. The van der Waals surface area contributed by atoms with Crippen molar-refractivity contribution >= 4 is 16.8 Å². The van der Waals surface area contributed by atoms with Gasteiger partial charge < -0.3 is 14.2 Å². The van der Waals surface area contributed by atoms with Gasteiger partial charge in [-0.2, -0.15) is 0 Å². The summed E-state index contributed by atoms with van der Waals surface area (Å²) < 4.78 is 7.36. The Bertz CT molecular complexity index is 800. The van der Waals surface area contributed by atoms with E-state index in [0.29, 0.717) is 24.3 Å². The third-order valence-corrected chi connectivity index (χ3v) is 6.33. The van der Waals surface area contributed by atoms with Crippen LogP contribution in [0, 0.1) is 5.92 Å². The molecule has 0 unspecified atom stereocenters. The minimum absolute atomic E-state index is 0.343. The Labute approximate surface area is 161 Å². The van der Waals surface area contributed by atoms with Crippen LogP contribution < -0.4 is 0 Å². The second-order valence-corrected chi connectivity index (χ2v) is 8.14. The molecule has 0 bridgehead atoms. The molecule has 2 aromatic rings. The zero-order chi connectivity index (χ0) is 18.8. The van der Waals surface area contributed by atoms with Crippen LogP contribution in [0.1, 0.15) is 31.2 Å². The lowest BCUT2D eigenvalue weighted by Gasteiger charge is -2.47. The molecule has 2 saturated heterocycles. The molecule has 5 heteroatoms. The van der Waals surface area contributed by atoms with Gasteiger partial charge >= 0.3 is 0 Å². The van der Waals surface area contributed by atoms with Crippen LogP contribution in [-0.2, 0) is 23.1 Å². The largest absolute Gasteiger partial charge is 0.385 e. The molecule has 27 heavy (non-hydrogen) atoms. The third-order valence-electron chi connectivity index (χ3n) is 6.33. The van der Waals surface area contributed by atoms with Crippen LogP contribution in [0.4, 0.5) is 0 Å². The van der Waals surface area contributed by atoms with Crippen LogP contribution in [0.5, 0.6) is 0 Å². The minimum Gasteiger partial charge on any atom is -0.385 e. The molecule has 3 heterocycles. The van der Waals surface area contributed by atoms with Gasteiger partial charge in [-0.25, -0.2) is 0 Å². The van der Waals surface area contributed by atoms with E-state index in [-0.39, 0.29) is 0 Å². The maximum Gasteiger partial charge on any atom is 0.222 e. The van der Waals surface area contributed by atoms with Crippen LogP contribution in [0.3, 0.4) is 0 Å². The monoisotopic (exact) mass is 369 g/mol. The third kappa shape index (κ3) is 3.90. The number of methoxy groups -OCH3 is 1. The fourth-order valence-electron chi connectivity index (χ4n) is 4.90. The minimum atomic E-state index is 0.343. The molecule has 0 radical (unpaired) electrons. The van der Waals surface area contributed by atoms with Gasteiger partial charge in [0, 0.05) is 71.1 Å². The summed E-state index contributed by atoms with van der Waals surface area (Å²) in [7, 11) is 3.83. The lowest BCUT2D eigenvalue weighted by Crippen LogP contribution is -2.56. The molecule has 2 atom stereocenters. The number of hydrogen-bond acceptors (Lipinski definition) is 3. The molecular formula is C22H31N3O2. The Morgan fingerprint density at radius 2 is 2.11 bits per heavy atom. The van der Waals surface area contributed by atoms with Crippen molar-refractivity contribution in [2.75, 3.05) is 33.4 Å². The van der Waals surface area contributed by atoms with E-state index < -0.39 is 0 Å². The van der Waals surface area contributed by atoms with Crippen molar-refractivity contribution in [3.8, 4) is 0 Å². The van der Waals surface area contributed by atoms with Crippen molar-refractivity contribution in [2.45, 2.75) is 38.3 Å². The smallest absolute Gasteiger partial charge is 0.222 e. The highest BCUT2D eigenvalue weighted by atomic mass is 16.5. The number of likely N-dealkylation sites (tertiary alicyclic amines) is 2. The number of carbonyl (C=O) groups is 1. The first-order valence-electron chi connectivity index (χ1n) is 10.2. The van der Waals surface area contributed by atoms with Crippen LogP contribution in [0.15, 0.2) is 30.5 Å². The zero-order valence-corrected chi connectivity index (χ0v) is 16.6. The predicted octanol–water partition coefficient (Wildman–Crippen LogP) is 3.03. The first-order valence-corrected chi connectivity index (χ1v) is 10.2. The fraction of sp³-hybridized carbons (Fsp3) is 0.591. The Morgan fingerprint density at radius 1 is 1.22 bits per heavy atom. The number of hydrogen-bond donors (Lipinski definition) is 0. The van der Waals surface area contributed by atoms with Gasteiger partial charge in [0.15, 0.2) is 0 Å². The molecule has 1 aromatic heterocycles. The van der Waals surface area contributed by atoms with Gasteiger partial charge in [0.05, 0.1) is 0 Å². The lowest BCUT2D eigenvalue weighted by molar-refractivity contribution is -0.141. The van der Waals surface area contributed by atoms with E-state index in [2.05, 4.69) is 51.9 Å². The van der Waals surface area contributed by atoms with E-state index in [0.717, 1.165) is 52.0 Å². The zero-order valence-electron chi connectivity index (χ0n) is 16.6. The number of fused-ring (bicyclic) bond motifs is 2. The summed E-state index contributed by atoms with van der Waals surface area (Å²) in [4.78, 5) is 17.1. The van der Waals surface area contributed by atoms with Crippen molar-refractivity contribution in [1.29, 1.82) is 0 Å². The topological polar surface area (TPSA) is 37.7 Å². The maximum absolute atomic E-state index is 12.4. The summed E-state index contributed by atoms with van der Waals surface area (Å²) in [6, 6.07) is 9.41. The molecule has 0 aliphatic carbocycles. The molecule has 2 fully saturated rings. The SMILES string of the molecule is COCCCN1C(=O)CC[C@H]2CN(Cc3ccc4ccn(C)c4c3)CC[C@H]21. The van der Waals surface area contributed by atoms with Crippen LogP contribution in [0.2, 0.25) is 0 Å². The highest BCUT2D eigenvalue weighted by Gasteiger charge is 2.38. The molecule has 0 saturated carbocycles. The van der Waals surface area contributed by atoms with Crippen LogP contribution in [-0.4, -0.2) is 59.7 Å². The number of aryl methyl sites for hydroxylation is 1. The van der Waals surface area contributed by atoms with Gasteiger partial charge in [0.2, 0.25) is 5.91 Å². The highest BCUT2D eigenvalue weighted by molar-refractivity contribution is 5.80. The Morgan fingerprint density at radius 3 is 2.96 bits per heavy atom. The lowest BCUT2D eigenvalue weighted by atomic mass is 9.83. The van der Waals surface area contributed by atoms with Crippen molar-refractivity contribution in [1.82, 2.24) is 14.4 Å². The number of nitrogens with zero attached hydrogens (tertiary/aromatic N) is 3. The van der Waals surface area contributed by atoms with Crippen molar-refractivity contribution in [3.05, 3.63) is 36.0 Å². The van der Waals surface area contributed by atoms with Gasteiger partial charge in [-0.3, -0.25) is 9.69 Å². The molecule has 1 aromatic carbocycles. The van der Waals surface area contributed by atoms with E-state index in [1.54, 1.807) is 7.11 Å². The quantitative estimate of drug-likeness (QED) is 0.735. The molecule has 4 rings (SSSR count). The molecular weight excluding hydrogens is 338 g/mol. The van der Waals surface area contributed by atoms with Crippen molar-refractivity contribution in [3.63, 3.8) is 0 Å². The van der Waals surface area contributed by atoms with Crippen molar-refractivity contribution < 1.29 is 9.53 Å². The maximum atomic E-state index is 12.4. The summed E-state index contributed by atoms with van der Waals surface area (Å²) in [5.74, 6) is 0.952. The highest BCUT2D eigenvalue weighted by Crippen LogP contribution is 2.32. The summed E-state index contributed by atoms with van der Waals surface area (Å²) >= 11 is 0. The number of rotatable bonds is 6. The van der Waals surface area contributed by atoms with E-state index in [1.165, 1.54) is 16.5 Å². The summed E-state index contributed by atoms with van der Waals surface area (Å²) in [6.45, 7) is 4.75. The van der Waals surface area contributed by atoms with Crippen LogP contribution >= 0.6 is 0 Å². The standard InChI is InChI=1S/C22H31N3O2/c1-23-11-8-18-5-4-17(14-21(18)23)15-24-12-9-20-19(16-24)6-7-22(26)25(20)10-3-13-27-2/h4-5,8,11,14,19-20H,3,6-7,9-10,12-13,15-16H2,1-2H3/t19-,20+/m0/s1. The molecule has 5 nitrogen and oxygen atoms in total. The average Bonchev–Trinajstić information content (AvgIpc) is 3.04. The van der Waals surface area contributed by atoms with E-state index in [4.69, 9.17) is 4.74 Å². The van der Waals surface area contributed by atoms with Gasteiger partial charge in [-0.15, -0.1) is 0 Å².